The van der Waals surface area contributed by atoms with Crippen LogP contribution >= 0.6 is 11.3 Å². The molecule has 0 amide bonds. The van der Waals surface area contributed by atoms with E-state index in [-0.39, 0.29) is 24.0 Å². The molecule has 21 heavy (non-hydrogen) atoms. The van der Waals surface area contributed by atoms with Gasteiger partial charge in [0.15, 0.2) is 11.5 Å². The lowest BCUT2D eigenvalue weighted by molar-refractivity contribution is 0.197. The average Bonchev–Trinajstić information content (AvgIpc) is 2.94. The molecule has 3 rings (SSSR count). The minimum absolute atomic E-state index is 0.0608. The molecule has 2 heterocycles. The number of benzene rings is 1. The molecule has 1 aromatic carbocycles. The fourth-order valence-electron chi connectivity index (χ4n) is 2.98. The van der Waals surface area contributed by atoms with Crippen LogP contribution in [0, 0.1) is 0 Å². The van der Waals surface area contributed by atoms with Crippen molar-refractivity contribution in [2.24, 2.45) is 0 Å². The highest BCUT2D eigenvalue weighted by Crippen LogP contribution is 2.38. The summed E-state index contributed by atoms with van der Waals surface area (Å²) in [6.45, 7) is 2.45. The molecule has 1 aliphatic heterocycles. The first-order valence-corrected chi connectivity index (χ1v) is 7.98. The Bertz CT molecular complexity index is 612. The highest BCUT2D eigenvalue weighted by atomic mass is 32.1. The second-order valence-corrected chi connectivity index (χ2v) is 6.36. The van der Waals surface area contributed by atoms with Crippen LogP contribution in [0.2, 0.25) is 0 Å². The summed E-state index contributed by atoms with van der Waals surface area (Å²) < 4.78 is 0. The minimum Gasteiger partial charge on any atom is -0.504 e. The molecule has 5 heteroatoms. The number of aromatic hydroxyl groups is 2. The maximum atomic E-state index is 9.85. The molecular formula is C16H19NO3S. The molecule has 0 saturated carbocycles. The molecule has 1 atom stereocenters. The summed E-state index contributed by atoms with van der Waals surface area (Å²) in [5.41, 5.74) is 2.15. The number of hydrogen-bond donors (Lipinski definition) is 3. The number of nitrogens with zero attached hydrogens (tertiary/aromatic N) is 1. The van der Waals surface area contributed by atoms with E-state index in [9.17, 15) is 15.3 Å². The van der Waals surface area contributed by atoms with Crippen molar-refractivity contribution < 1.29 is 15.3 Å². The normalized spacial score (nSPS) is 19.2. The molecule has 0 saturated heterocycles. The third-order valence-electron chi connectivity index (χ3n) is 4.05. The lowest BCUT2D eigenvalue weighted by Gasteiger charge is -2.23. The molecule has 1 aromatic heterocycles. The van der Waals surface area contributed by atoms with Gasteiger partial charge in [0.2, 0.25) is 0 Å². The van der Waals surface area contributed by atoms with E-state index in [1.807, 2.05) is 6.07 Å². The van der Waals surface area contributed by atoms with Crippen LogP contribution in [-0.4, -0.2) is 46.5 Å². The first kappa shape index (κ1) is 14.4. The second-order valence-electron chi connectivity index (χ2n) is 5.38. The quantitative estimate of drug-likeness (QED) is 0.760. The first-order valence-electron chi connectivity index (χ1n) is 7.10. The Kier molecular flexibility index (Phi) is 4.14. The van der Waals surface area contributed by atoms with Crippen molar-refractivity contribution in [3.8, 4) is 11.5 Å². The first-order chi connectivity index (χ1) is 10.2. The summed E-state index contributed by atoms with van der Waals surface area (Å²) in [7, 11) is 0. The Morgan fingerprint density at radius 2 is 2.05 bits per heavy atom. The fraction of sp³-hybridized carbons (Fsp3) is 0.375. The fourth-order valence-corrected chi connectivity index (χ4v) is 3.82. The summed E-state index contributed by atoms with van der Waals surface area (Å²) in [5, 5.41) is 30.9. The second kappa shape index (κ2) is 6.05. The van der Waals surface area contributed by atoms with E-state index in [2.05, 4.69) is 16.3 Å². The predicted octanol–water partition coefficient (Wildman–Crippen LogP) is 2.14. The largest absolute Gasteiger partial charge is 0.504 e. The zero-order chi connectivity index (χ0) is 14.8. The van der Waals surface area contributed by atoms with Crippen molar-refractivity contribution >= 4 is 11.3 Å². The van der Waals surface area contributed by atoms with Crippen molar-refractivity contribution in [1.29, 1.82) is 0 Å². The number of β-amino-alcohol motifs (C(OH)–C–C–N with tert-alkyl or cyclic N) is 1. The Balaban J connectivity index is 2.04. The number of hydrogen-bond acceptors (Lipinski definition) is 5. The Morgan fingerprint density at radius 3 is 2.76 bits per heavy atom. The van der Waals surface area contributed by atoms with E-state index < -0.39 is 0 Å². The average molecular weight is 305 g/mol. The minimum atomic E-state index is -0.0640. The highest BCUT2D eigenvalue weighted by Gasteiger charge is 2.26. The smallest absolute Gasteiger partial charge is 0.157 e. The van der Waals surface area contributed by atoms with Crippen LogP contribution in [-0.2, 0) is 6.42 Å². The van der Waals surface area contributed by atoms with Crippen LogP contribution in [0.1, 0.15) is 21.9 Å². The number of aliphatic hydroxyl groups is 1. The number of thiophene rings is 1. The van der Waals surface area contributed by atoms with Crippen molar-refractivity contribution in [1.82, 2.24) is 4.90 Å². The molecule has 112 valence electrons. The number of phenolic OH excluding ortho intramolecular Hbond substituents is 2. The SMILES string of the molecule is OCCN1CCc2cc(O)c(O)cc2C(c2cccs2)C1. The molecule has 2 aromatic rings. The van der Waals surface area contributed by atoms with E-state index in [1.165, 1.54) is 4.88 Å². The molecule has 0 aliphatic carbocycles. The molecule has 0 bridgehead atoms. The van der Waals surface area contributed by atoms with Crippen LogP contribution in [0.3, 0.4) is 0 Å². The molecule has 0 spiro atoms. The molecule has 1 unspecified atom stereocenters. The van der Waals surface area contributed by atoms with Crippen LogP contribution in [0.5, 0.6) is 11.5 Å². The Labute approximate surface area is 127 Å². The van der Waals surface area contributed by atoms with Gasteiger partial charge in [-0.3, -0.25) is 4.90 Å². The standard InChI is InChI=1S/C16H19NO3S/c18-6-5-17-4-3-11-8-14(19)15(20)9-12(11)13(10-17)16-2-1-7-21-16/h1-2,7-9,13,18-20H,3-6,10H2. The van der Waals surface area contributed by atoms with E-state index in [1.54, 1.807) is 23.5 Å². The maximum absolute atomic E-state index is 9.85. The van der Waals surface area contributed by atoms with Crippen LogP contribution in [0.25, 0.3) is 0 Å². The molecule has 4 nitrogen and oxygen atoms in total. The van der Waals surface area contributed by atoms with Crippen LogP contribution < -0.4 is 0 Å². The van der Waals surface area contributed by atoms with Crippen molar-refractivity contribution in [3.63, 3.8) is 0 Å². The number of phenols is 2. The van der Waals surface area contributed by atoms with Gasteiger partial charge in [-0.05, 0) is 41.1 Å². The van der Waals surface area contributed by atoms with Gasteiger partial charge < -0.3 is 15.3 Å². The summed E-state index contributed by atoms with van der Waals surface area (Å²) in [5.74, 6) is 0.0424. The van der Waals surface area contributed by atoms with Gasteiger partial charge >= 0.3 is 0 Å². The van der Waals surface area contributed by atoms with Gasteiger partial charge in [0.1, 0.15) is 0 Å². The van der Waals surface area contributed by atoms with Crippen molar-refractivity contribution in [2.75, 3.05) is 26.2 Å². The summed E-state index contributed by atoms with van der Waals surface area (Å²) in [6.07, 6.45) is 0.811. The van der Waals surface area contributed by atoms with E-state index >= 15 is 0 Å². The number of aliphatic hydroxyl groups excluding tert-OH is 1. The number of fused-ring (bicyclic) bond motifs is 1. The topological polar surface area (TPSA) is 63.9 Å². The monoisotopic (exact) mass is 305 g/mol. The van der Waals surface area contributed by atoms with Gasteiger partial charge in [-0.15, -0.1) is 11.3 Å². The van der Waals surface area contributed by atoms with E-state index in [0.29, 0.717) is 6.54 Å². The zero-order valence-corrected chi connectivity index (χ0v) is 12.5. The molecule has 0 radical (unpaired) electrons. The van der Waals surface area contributed by atoms with Gasteiger partial charge in [0.25, 0.3) is 0 Å². The molecular weight excluding hydrogens is 286 g/mol. The summed E-state index contributed by atoms with van der Waals surface area (Å²) >= 11 is 1.70. The highest BCUT2D eigenvalue weighted by molar-refractivity contribution is 7.10. The molecule has 1 aliphatic rings. The van der Waals surface area contributed by atoms with E-state index in [0.717, 1.165) is 30.6 Å². The van der Waals surface area contributed by atoms with Gasteiger partial charge in [0.05, 0.1) is 6.61 Å². The summed E-state index contributed by atoms with van der Waals surface area (Å²) in [6, 6.07) is 7.50. The summed E-state index contributed by atoms with van der Waals surface area (Å²) in [4.78, 5) is 3.48. The third-order valence-corrected chi connectivity index (χ3v) is 5.04. The lowest BCUT2D eigenvalue weighted by atomic mass is 9.92. The predicted molar refractivity (Wildman–Crippen MR) is 83.2 cm³/mol. The Hall–Kier alpha value is -1.56. The lowest BCUT2D eigenvalue weighted by Crippen LogP contribution is -2.31. The number of rotatable bonds is 3. The van der Waals surface area contributed by atoms with Crippen molar-refractivity contribution in [2.45, 2.75) is 12.3 Å². The van der Waals surface area contributed by atoms with Gasteiger partial charge in [-0.1, -0.05) is 6.07 Å². The van der Waals surface area contributed by atoms with Gasteiger partial charge in [0, 0.05) is 30.4 Å². The third kappa shape index (κ3) is 2.90. The Morgan fingerprint density at radius 1 is 1.24 bits per heavy atom. The van der Waals surface area contributed by atoms with E-state index in [4.69, 9.17) is 0 Å². The zero-order valence-electron chi connectivity index (χ0n) is 11.7. The van der Waals surface area contributed by atoms with Crippen LogP contribution in [0.15, 0.2) is 29.6 Å². The van der Waals surface area contributed by atoms with Gasteiger partial charge in [-0.25, -0.2) is 0 Å². The van der Waals surface area contributed by atoms with Crippen LogP contribution in [0.4, 0.5) is 0 Å². The van der Waals surface area contributed by atoms with Crippen molar-refractivity contribution in [3.05, 3.63) is 45.6 Å². The van der Waals surface area contributed by atoms with Gasteiger partial charge in [-0.2, -0.15) is 0 Å². The molecule has 0 fully saturated rings. The maximum Gasteiger partial charge on any atom is 0.157 e. The molecule has 3 N–H and O–H groups in total.